The lowest BCUT2D eigenvalue weighted by Crippen LogP contribution is -2.34. The van der Waals surface area contributed by atoms with E-state index in [-0.39, 0.29) is 5.91 Å². The van der Waals surface area contributed by atoms with E-state index in [0.29, 0.717) is 0 Å². The van der Waals surface area contributed by atoms with Crippen molar-refractivity contribution in [3.63, 3.8) is 0 Å². The lowest BCUT2D eigenvalue weighted by Gasteiger charge is -2.21. The Hall–Kier alpha value is -1.37. The number of thiophene rings is 1. The number of hydrogen-bond acceptors (Lipinski definition) is 5. The number of rotatable bonds is 4. The van der Waals surface area contributed by atoms with Crippen LogP contribution < -0.4 is 0 Å². The van der Waals surface area contributed by atoms with Gasteiger partial charge in [0.05, 0.1) is 14.8 Å². The van der Waals surface area contributed by atoms with E-state index in [9.17, 15) is 4.79 Å². The fourth-order valence-electron chi connectivity index (χ4n) is 2.95. The zero-order valence-electron chi connectivity index (χ0n) is 14.2. The fourth-order valence-corrected chi connectivity index (χ4v) is 4.46. The molecule has 0 unspecified atom stereocenters. The number of aryl methyl sites for hydroxylation is 1. The summed E-state index contributed by atoms with van der Waals surface area (Å²) in [5, 5.41) is 0. The SMILES string of the molecule is CSc1ccc(C(=O)N2CCCN(Cc3cccc(C)n3)CC2)s1. The molecule has 6 heteroatoms. The molecule has 2 aromatic heterocycles. The van der Waals surface area contributed by atoms with Crippen molar-refractivity contribution in [2.24, 2.45) is 0 Å². The molecule has 0 N–H and O–H groups in total. The summed E-state index contributed by atoms with van der Waals surface area (Å²) in [4.78, 5) is 22.5. The van der Waals surface area contributed by atoms with Gasteiger partial charge in [-0.25, -0.2) is 0 Å². The van der Waals surface area contributed by atoms with Gasteiger partial charge in [-0.2, -0.15) is 0 Å². The van der Waals surface area contributed by atoms with Crippen molar-refractivity contribution < 1.29 is 4.79 Å². The second-order valence-corrected chi connectivity index (χ2v) is 8.21. The molecular formula is C18H23N3OS2. The van der Waals surface area contributed by atoms with Crippen LogP contribution in [0.3, 0.4) is 0 Å². The zero-order chi connectivity index (χ0) is 16.9. The Morgan fingerprint density at radius 3 is 2.83 bits per heavy atom. The molecule has 24 heavy (non-hydrogen) atoms. The molecule has 0 aromatic carbocycles. The van der Waals surface area contributed by atoms with Crippen LogP contribution in [0.1, 0.15) is 27.5 Å². The van der Waals surface area contributed by atoms with Gasteiger partial charge in [-0.1, -0.05) is 6.07 Å². The van der Waals surface area contributed by atoms with Gasteiger partial charge in [0.25, 0.3) is 5.91 Å². The van der Waals surface area contributed by atoms with Crippen LogP contribution >= 0.6 is 23.1 Å². The van der Waals surface area contributed by atoms with Gasteiger partial charge in [0, 0.05) is 38.4 Å². The van der Waals surface area contributed by atoms with Crippen LogP contribution in [-0.4, -0.2) is 53.1 Å². The summed E-state index contributed by atoms with van der Waals surface area (Å²) in [6.45, 7) is 6.43. The Bertz CT molecular complexity index is 701. The summed E-state index contributed by atoms with van der Waals surface area (Å²) in [5.74, 6) is 0.177. The van der Waals surface area contributed by atoms with E-state index in [1.807, 2.05) is 36.3 Å². The van der Waals surface area contributed by atoms with E-state index < -0.39 is 0 Å². The number of amides is 1. The van der Waals surface area contributed by atoms with Crippen LogP contribution in [0.15, 0.2) is 34.5 Å². The van der Waals surface area contributed by atoms with E-state index in [4.69, 9.17) is 0 Å². The number of hydrogen-bond donors (Lipinski definition) is 0. The molecule has 1 aliphatic heterocycles. The molecule has 0 spiro atoms. The molecule has 0 aliphatic carbocycles. The zero-order valence-corrected chi connectivity index (χ0v) is 15.8. The lowest BCUT2D eigenvalue weighted by atomic mass is 10.3. The first-order valence-electron chi connectivity index (χ1n) is 8.23. The van der Waals surface area contributed by atoms with Crippen molar-refractivity contribution in [1.29, 1.82) is 0 Å². The molecule has 4 nitrogen and oxygen atoms in total. The minimum Gasteiger partial charge on any atom is -0.337 e. The van der Waals surface area contributed by atoms with Gasteiger partial charge >= 0.3 is 0 Å². The normalized spacial score (nSPS) is 16.2. The van der Waals surface area contributed by atoms with E-state index >= 15 is 0 Å². The lowest BCUT2D eigenvalue weighted by molar-refractivity contribution is 0.0766. The molecule has 128 valence electrons. The first-order chi connectivity index (χ1) is 11.7. The Morgan fingerprint density at radius 1 is 1.21 bits per heavy atom. The predicted molar refractivity (Wildman–Crippen MR) is 101 cm³/mol. The summed E-state index contributed by atoms with van der Waals surface area (Å²) >= 11 is 3.29. The van der Waals surface area contributed by atoms with Gasteiger partial charge in [-0.05, 0) is 43.9 Å². The maximum atomic E-state index is 12.7. The number of carbonyl (C=O) groups excluding carboxylic acids is 1. The minimum absolute atomic E-state index is 0.177. The number of thioether (sulfide) groups is 1. The monoisotopic (exact) mass is 361 g/mol. The molecule has 0 radical (unpaired) electrons. The number of carbonyl (C=O) groups is 1. The van der Waals surface area contributed by atoms with Gasteiger partial charge in [0.15, 0.2) is 0 Å². The highest BCUT2D eigenvalue weighted by molar-refractivity contribution is 8.00. The number of pyridine rings is 1. The van der Waals surface area contributed by atoms with Gasteiger partial charge in [0.2, 0.25) is 0 Å². The van der Waals surface area contributed by atoms with E-state index in [1.54, 1.807) is 23.1 Å². The first-order valence-corrected chi connectivity index (χ1v) is 10.3. The predicted octanol–water partition coefficient (Wildman–Crippen LogP) is 3.52. The van der Waals surface area contributed by atoms with Crippen molar-refractivity contribution in [2.75, 3.05) is 32.4 Å². The Balaban J connectivity index is 1.59. The van der Waals surface area contributed by atoms with E-state index in [1.165, 1.54) is 4.21 Å². The van der Waals surface area contributed by atoms with Crippen LogP contribution in [0, 0.1) is 6.92 Å². The Labute approximate surface area is 151 Å². The third-order valence-electron chi connectivity index (χ3n) is 4.20. The van der Waals surface area contributed by atoms with Crippen molar-refractivity contribution >= 4 is 29.0 Å². The molecule has 3 rings (SSSR count). The highest BCUT2D eigenvalue weighted by Crippen LogP contribution is 2.26. The quantitative estimate of drug-likeness (QED) is 0.781. The van der Waals surface area contributed by atoms with Crippen molar-refractivity contribution in [2.45, 2.75) is 24.1 Å². The first kappa shape index (κ1) is 17.5. The maximum Gasteiger partial charge on any atom is 0.264 e. The summed E-state index contributed by atoms with van der Waals surface area (Å²) in [6.07, 6.45) is 3.06. The largest absolute Gasteiger partial charge is 0.337 e. The molecule has 2 aromatic rings. The summed E-state index contributed by atoms with van der Waals surface area (Å²) in [7, 11) is 0. The molecular weight excluding hydrogens is 338 g/mol. The van der Waals surface area contributed by atoms with Crippen molar-refractivity contribution in [1.82, 2.24) is 14.8 Å². The van der Waals surface area contributed by atoms with E-state index in [2.05, 4.69) is 22.0 Å². The average molecular weight is 362 g/mol. The van der Waals surface area contributed by atoms with Crippen LogP contribution in [0.4, 0.5) is 0 Å². The average Bonchev–Trinajstić information content (AvgIpc) is 2.94. The molecule has 0 bridgehead atoms. The van der Waals surface area contributed by atoms with Gasteiger partial charge in [-0.3, -0.25) is 14.7 Å². The smallest absolute Gasteiger partial charge is 0.264 e. The van der Waals surface area contributed by atoms with Crippen LogP contribution in [0.25, 0.3) is 0 Å². The topological polar surface area (TPSA) is 36.4 Å². The van der Waals surface area contributed by atoms with Crippen molar-refractivity contribution in [3.8, 4) is 0 Å². The molecule has 1 aliphatic rings. The van der Waals surface area contributed by atoms with E-state index in [0.717, 1.165) is 55.4 Å². The highest BCUT2D eigenvalue weighted by atomic mass is 32.2. The fraction of sp³-hybridized carbons (Fsp3) is 0.444. The summed E-state index contributed by atoms with van der Waals surface area (Å²) in [6, 6.07) is 10.2. The summed E-state index contributed by atoms with van der Waals surface area (Å²) in [5.41, 5.74) is 2.17. The molecule has 0 atom stereocenters. The molecule has 3 heterocycles. The second-order valence-electron chi connectivity index (χ2n) is 6.02. The van der Waals surface area contributed by atoms with Crippen LogP contribution in [0.5, 0.6) is 0 Å². The van der Waals surface area contributed by atoms with Crippen LogP contribution in [-0.2, 0) is 6.54 Å². The second kappa shape index (κ2) is 8.14. The third kappa shape index (κ3) is 4.37. The highest BCUT2D eigenvalue weighted by Gasteiger charge is 2.21. The number of aromatic nitrogens is 1. The van der Waals surface area contributed by atoms with Crippen LogP contribution in [0.2, 0.25) is 0 Å². The molecule has 0 saturated carbocycles. The molecule has 1 fully saturated rings. The Kier molecular flexibility index (Phi) is 5.92. The number of nitrogens with zero attached hydrogens (tertiary/aromatic N) is 3. The Morgan fingerprint density at radius 2 is 2.08 bits per heavy atom. The van der Waals surface area contributed by atoms with Gasteiger partial charge in [-0.15, -0.1) is 23.1 Å². The third-order valence-corrected chi connectivity index (χ3v) is 6.36. The molecule has 1 saturated heterocycles. The van der Waals surface area contributed by atoms with Gasteiger partial charge < -0.3 is 4.90 Å². The molecule has 1 amide bonds. The minimum atomic E-state index is 0.177. The standard InChI is InChI=1S/C18H23N3OS2/c1-14-5-3-6-15(19-14)13-20-9-4-10-21(12-11-20)18(22)16-7-8-17(23-2)24-16/h3,5-8H,4,9-13H2,1-2H3. The maximum absolute atomic E-state index is 12.7. The van der Waals surface area contributed by atoms with Crippen molar-refractivity contribution in [3.05, 3.63) is 46.6 Å². The summed E-state index contributed by atoms with van der Waals surface area (Å²) < 4.78 is 1.19. The van der Waals surface area contributed by atoms with Gasteiger partial charge in [0.1, 0.15) is 0 Å².